The molecule has 0 saturated carbocycles. The largest absolute Gasteiger partial charge is 0.454 e. The number of fused-ring (bicyclic) bond motifs is 1. The molecule has 1 N–H and O–H groups in total. The Kier molecular flexibility index (Phi) is 5.57. The van der Waals surface area contributed by atoms with Crippen molar-refractivity contribution in [2.24, 2.45) is 0 Å². The third kappa shape index (κ3) is 4.34. The second-order valence-corrected chi connectivity index (χ2v) is 8.28. The Labute approximate surface area is 185 Å². The van der Waals surface area contributed by atoms with E-state index >= 15 is 0 Å². The van der Waals surface area contributed by atoms with Crippen LogP contribution in [0.15, 0.2) is 42.5 Å². The van der Waals surface area contributed by atoms with Gasteiger partial charge in [-0.1, -0.05) is 6.07 Å². The number of urea groups is 1. The Bertz CT molecular complexity index is 1010. The van der Waals surface area contributed by atoms with Crippen molar-refractivity contribution < 1.29 is 23.5 Å². The maximum absolute atomic E-state index is 13.1. The van der Waals surface area contributed by atoms with Crippen LogP contribution in [0.1, 0.15) is 12.0 Å². The number of carbonyl (C=O) groups excluding carboxylic acids is 2. The number of nitrogens with zero attached hydrogens (tertiary/aromatic N) is 3. The number of carbonyl (C=O) groups is 2. The number of piperazine rings is 1. The zero-order valence-corrected chi connectivity index (χ0v) is 17.6. The van der Waals surface area contributed by atoms with E-state index in [1.807, 2.05) is 18.2 Å². The molecule has 0 bridgehead atoms. The van der Waals surface area contributed by atoms with Crippen LogP contribution in [0.3, 0.4) is 0 Å². The maximum Gasteiger partial charge on any atom is 0.317 e. The third-order valence-corrected chi connectivity index (χ3v) is 6.09. The summed E-state index contributed by atoms with van der Waals surface area (Å²) >= 11 is 0. The highest BCUT2D eigenvalue weighted by atomic mass is 19.1. The van der Waals surface area contributed by atoms with Crippen molar-refractivity contribution in [1.29, 1.82) is 0 Å². The fourth-order valence-corrected chi connectivity index (χ4v) is 4.35. The number of ether oxygens (including phenoxy) is 2. The molecule has 5 rings (SSSR count). The van der Waals surface area contributed by atoms with Gasteiger partial charge in [-0.15, -0.1) is 0 Å². The van der Waals surface area contributed by atoms with Crippen LogP contribution in [0.25, 0.3) is 0 Å². The fraction of sp³-hybridized carbons (Fsp3) is 0.391. The molecule has 0 spiro atoms. The van der Waals surface area contributed by atoms with Crippen LogP contribution >= 0.6 is 0 Å². The number of benzene rings is 2. The molecule has 3 amide bonds. The molecule has 0 radical (unpaired) electrons. The lowest BCUT2D eigenvalue weighted by atomic mass is 10.1. The second kappa shape index (κ2) is 8.66. The number of hydrogen-bond donors (Lipinski definition) is 1. The van der Waals surface area contributed by atoms with E-state index in [4.69, 9.17) is 9.47 Å². The topological polar surface area (TPSA) is 74.4 Å². The van der Waals surface area contributed by atoms with Gasteiger partial charge in [0, 0.05) is 51.4 Å². The van der Waals surface area contributed by atoms with Gasteiger partial charge in [0.25, 0.3) is 0 Å². The second-order valence-electron chi connectivity index (χ2n) is 8.28. The predicted molar refractivity (Wildman–Crippen MR) is 115 cm³/mol. The molecule has 2 aromatic rings. The number of amides is 3. The van der Waals surface area contributed by atoms with Gasteiger partial charge < -0.3 is 24.6 Å². The lowest BCUT2D eigenvalue weighted by Crippen LogP contribution is -2.53. The van der Waals surface area contributed by atoms with Gasteiger partial charge in [0.15, 0.2) is 11.5 Å². The molecule has 168 valence electrons. The molecule has 2 fully saturated rings. The van der Waals surface area contributed by atoms with Crippen molar-refractivity contribution in [3.8, 4) is 11.5 Å². The number of rotatable bonds is 4. The first kappa shape index (κ1) is 20.6. The van der Waals surface area contributed by atoms with Crippen LogP contribution in [-0.2, 0) is 11.3 Å². The van der Waals surface area contributed by atoms with Crippen LogP contribution in [0, 0.1) is 5.82 Å². The van der Waals surface area contributed by atoms with Gasteiger partial charge >= 0.3 is 6.03 Å². The Balaban J connectivity index is 1.10. The number of anilines is 1. The molecule has 8 nitrogen and oxygen atoms in total. The normalized spacial score (nSPS) is 20.7. The zero-order chi connectivity index (χ0) is 22.1. The van der Waals surface area contributed by atoms with Crippen molar-refractivity contribution in [3.63, 3.8) is 0 Å². The van der Waals surface area contributed by atoms with Crippen LogP contribution in [-0.4, -0.2) is 67.3 Å². The lowest BCUT2D eigenvalue weighted by molar-refractivity contribution is -0.117. The van der Waals surface area contributed by atoms with E-state index in [2.05, 4.69) is 10.2 Å². The minimum atomic E-state index is -0.345. The molecule has 32 heavy (non-hydrogen) atoms. The Morgan fingerprint density at radius 1 is 1.03 bits per heavy atom. The third-order valence-electron chi connectivity index (χ3n) is 6.09. The quantitative estimate of drug-likeness (QED) is 0.789. The van der Waals surface area contributed by atoms with Gasteiger partial charge in [-0.25, -0.2) is 9.18 Å². The van der Waals surface area contributed by atoms with Gasteiger partial charge in [-0.2, -0.15) is 0 Å². The first-order valence-electron chi connectivity index (χ1n) is 10.8. The smallest absolute Gasteiger partial charge is 0.317 e. The first-order valence-corrected chi connectivity index (χ1v) is 10.8. The van der Waals surface area contributed by atoms with Gasteiger partial charge in [0.2, 0.25) is 12.7 Å². The number of hydrogen-bond acceptors (Lipinski definition) is 5. The van der Waals surface area contributed by atoms with Crippen molar-refractivity contribution in [3.05, 3.63) is 53.8 Å². The summed E-state index contributed by atoms with van der Waals surface area (Å²) in [6, 6.07) is 11.4. The maximum atomic E-state index is 13.1. The van der Waals surface area contributed by atoms with E-state index in [1.165, 1.54) is 12.1 Å². The van der Waals surface area contributed by atoms with E-state index in [0.29, 0.717) is 25.3 Å². The van der Waals surface area contributed by atoms with Crippen molar-refractivity contribution >= 4 is 17.6 Å². The monoisotopic (exact) mass is 440 g/mol. The average Bonchev–Trinajstić information content (AvgIpc) is 3.40. The molecule has 1 atom stereocenters. The van der Waals surface area contributed by atoms with Crippen molar-refractivity contribution in [2.45, 2.75) is 19.0 Å². The number of nitrogens with one attached hydrogen (secondary N) is 1. The summed E-state index contributed by atoms with van der Waals surface area (Å²) in [7, 11) is 0. The molecule has 3 heterocycles. The van der Waals surface area contributed by atoms with E-state index in [1.54, 1.807) is 21.9 Å². The lowest BCUT2D eigenvalue weighted by Gasteiger charge is -2.35. The molecule has 3 aliphatic rings. The van der Waals surface area contributed by atoms with E-state index in [0.717, 1.165) is 36.7 Å². The Hall–Kier alpha value is -3.33. The molecule has 9 heteroatoms. The summed E-state index contributed by atoms with van der Waals surface area (Å²) in [5.74, 6) is 1.14. The summed E-state index contributed by atoms with van der Waals surface area (Å²) in [4.78, 5) is 30.8. The standard InChI is InChI=1S/C23H25FN4O4/c24-17-2-4-19(5-3-17)28-14-18(12-22(28)29)25-23(30)27-9-7-26(8-10-27)13-16-1-6-20-21(11-16)32-15-31-20/h1-6,11,18H,7-10,12-15H2,(H,25,30). The van der Waals surface area contributed by atoms with Gasteiger partial charge in [-0.05, 0) is 42.0 Å². The summed E-state index contributed by atoms with van der Waals surface area (Å²) in [6.07, 6.45) is 0.243. The van der Waals surface area contributed by atoms with Crippen LogP contribution in [0.5, 0.6) is 11.5 Å². The molecular weight excluding hydrogens is 415 g/mol. The average molecular weight is 440 g/mol. The highest BCUT2D eigenvalue weighted by Crippen LogP contribution is 2.32. The van der Waals surface area contributed by atoms with E-state index in [-0.39, 0.29) is 37.0 Å². The summed E-state index contributed by atoms with van der Waals surface area (Å²) in [5.41, 5.74) is 1.79. The molecule has 2 aromatic carbocycles. The zero-order valence-electron chi connectivity index (χ0n) is 17.6. The van der Waals surface area contributed by atoms with Crippen molar-refractivity contribution in [1.82, 2.24) is 15.1 Å². The van der Waals surface area contributed by atoms with Gasteiger partial charge in [-0.3, -0.25) is 9.69 Å². The van der Waals surface area contributed by atoms with Crippen LogP contribution in [0.4, 0.5) is 14.9 Å². The van der Waals surface area contributed by atoms with Gasteiger partial charge in [0.05, 0.1) is 6.04 Å². The summed E-state index contributed by atoms with van der Waals surface area (Å²) in [6.45, 7) is 4.23. The SMILES string of the molecule is O=C(NC1CC(=O)N(c2ccc(F)cc2)C1)N1CCN(Cc2ccc3c(c2)OCO3)CC1. The van der Waals surface area contributed by atoms with Crippen LogP contribution < -0.4 is 19.7 Å². The Morgan fingerprint density at radius 3 is 2.56 bits per heavy atom. The molecule has 0 aromatic heterocycles. The van der Waals surface area contributed by atoms with Crippen molar-refractivity contribution in [2.75, 3.05) is 44.4 Å². The highest BCUT2D eigenvalue weighted by Gasteiger charge is 2.33. The number of halogens is 1. The first-order chi connectivity index (χ1) is 15.5. The molecule has 3 aliphatic heterocycles. The predicted octanol–water partition coefficient (Wildman–Crippen LogP) is 2.19. The summed E-state index contributed by atoms with van der Waals surface area (Å²) in [5, 5.41) is 2.98. The minimum absolute atomic E-state index is 0.0737. The molecule has 1 unspecified atom stereocenters. The van der Waals surface area contributed by atoms with Crippen LogP contribution in [0.2, 0.25) is 0 Å². The Morgan fingerprint density at radius 2 is 1.78 bits per heavy atom. The van der Waals surface area contributed by atoms with E-state index < -0.39 is 0 Å². The van der Waals surface area contributed by atoms with Gasteiger partial charge in [0.1, 0.15) is 5.82 Å². The highest BCUT2D eigenvalue weighted by molar-refractivity contribution is 5.96. The molecular formula is C23H25FN4O4. The fourth-order valence-electron chi connectivity index (χ4n) is 4.35. The minimum Gasteiger partial charge on any atom is -0.454 e. The molecule has 0 aliphatic carbocycles. The van der Waals surface area contributed by atoms with E-state index in [9.17, 15) is 14.0 Å². The molecule has 2 saturated heterocycles. The summed E-state index contributed by atoms with van der Waals surface area (Å²) < 4.78 is 23.9.